The van der Waals surface area contributed by atoms with Crippen LogP contribution in [0.25, 0.3) is 0 Å². The number of carbonyl (C=O) groups is 3. The Hall–Kier alpha value is -3.25. The van der Waals surface area contributed by atoms with Gasteiger partial charge >= 0.3 is 5.97 Å². The fraction of sp³-hybridized carbons (Fsp3) is 0.276. The first-order valence-corrected chi connectivity index (χ1v) is 12.7. The van der Waals surface area contributed by atoms with Crippen molar-refractivity contribution in [1.29, 1.82) is 0 Å². The van der Waals surface area contributed by atoms with Crippen LogP contribution < -0.4 is 4.90 Å². The molecule has 7 rings (SSSR count). The molecule has 6 heteroatoms. The van der Waals surface area contributed by atoms with E-state index in [1.165, 1.54) is 4.90 Å². The highest BCUT2D eigenvalue weighted by atomic mass is 79.9. The molecule has 4 aliphatic rings. The molecule has 2 bridgehead atoms. The molecule has 2 amide bonds. The predicted molar refractivity (Wildman–Crippen MR) is 135 cm³/mol. The van der Waals surface area contributed by atoms with E-state index in [0.717, 1.165) is 22.3 Å². The Labute approximate surface area is 212 Å². The first kappa shape index (κ1) is 22.2. The summed E-state index contributed by atoms with van der Waals surface area (Å²) in [5.41, 5.74) is 5.15. The van der Waals surface area contributed by atoms with E-state index >= 15 is 0 Å². The molecule has 3 aliphatic carbocycles. The molecule has 3 aromatic carbocycles. The van der Waals surface area contributed by atoms with E-state index in [1.807, 2.05) is 38.1 Å². The number of anilines is 1. The van der Waals surface area contributed by atoms with E-state index in [9.17, 15) is 14.4 Å². The van der Waals surface area contributed by atoms with E-state index in [0.29, 0.717) is 17.9 Å². The van der Waals surface area contributed by atoms with Gasteiger partial charge in [0.15, 0.2) is 0 Å². The van der Waals surface area contributed by atoms with Gasteiger partial charge in [0.1, 0.15) is 0 Å². The lowest BCUT2D eigenvalue weighted by atomic mass is 9.55. The number of halogens is 1. The summed E-state index contributed by atoms with van der Waals surface area (Å²) in [4.78, 5) is 41.5. The number of amides is 2. The number of benzene rings is 3. The fourth-order valence-corrected chi connectivity index (χ4v) is 7.21. The maximum absolute atomic E-state index is 13.9. The van der Waals surface area contributed by atoms with Crippen LogP contribution in [0.4, 0.5) is 5.69 Å². The monoisotopic (exact) mass is 529 g/mol. The third kappa shape index (κ3) is 3.02. The molecular formula is C29H24BrNO4. The molecule has 5 nitrogen and oxygen atoms in total. The minimum absolute atomic E-state index is 0.182. The zero-order valence-corrected chi connectivity index (χ0v) is 21.0. The average molecular weight is 530 g/mol. The Kier molecular flexibility index (Phi) is 5.01. The van der Waals surface area contributed by atoms with E-state index in [-0.39, 0.29) is 23.7 Å². The summed E-state index contributed by atoms with van der Waals surface area (Å²) >= 11 is 4.00. The Balaban J connectivity index is 1.40. The third-order valence-corrected chi connectivity index (χ3v) is 8.77. The summed E-state index contributed by atoms with van der Waals surface area (Å²) < 4.78 is 4.53. The molecule has 0 aromatic heterocycles. The summed E-state index contributed by atoms with van der Waals surface area (Å²) in [6.07, 6.45) is 0. The van der Waals surface area contributed by atoms with Crippen LogP contribution >= 0.6 is 15.9 Å². The van der Waals surface area contributed by atoms with E-state index in [2.05, 4.69) is 40.2 Å². The molecule has 1 heterocycles. The largest absolute Gasteiger partial charge is 0.462 e. The number of ether oxygens (including phenoxy) is 1. The van der Waals surface area contributed by atoms with E-state index < -0.39 is 22.1 Å². The molecule has 0 spiro atoms. The van der Waals surface area contributed by atoms with Crippen LogP contribution in [0.2, 0.25) is 0 Å². The summed E-state index contributed by atoms with van der Waals surface area (Å²) in [7, 11) is 0. The normalized spacial score (nSPS) is 25.9. The highest BCUT2D eigenvalue weighted by Crippen LogP contribution is 2.66. The quantitative estimate of drug-likeness (QED) is 0.258. The Morgan fingerprint density at radius 2 is 1.49 bits per heavy atom. The number of esters is 1. The molecular weight excluding hydrogens is 506 g/mol. The molecule has 0 N–H and O–H groups in total. The summed E-state index contributed by atoms with van der Waals surface area (Å²) in [5.74, 6) is -1.83. The molecule has 176 valence electrons. The number of hydrogen-bond acceptors (Lipinski definition) is 4. The van der Waals surface area contributed by atoms with Crippen molar-refractivity contribution in [3.8, 4) is 0 Å². The lowest BCUT2D eigenvalue weighted by molar-refractivity contribution is -0.122. The summed E-state index contributed by atoms with van der Waals surface area (Å²) in [6.45, 7) is 4.28. The van der Waals surface area contributed by atoms with Crippen molar-refractivity contribution in [3.63, 3.8) is 0 Å². The topological polar surface area (TPSA) is 63.7 Å². The lowest BCUT2D eigenvalue weighted by Gasteiger charge is -2.51. The van der Waals surface area contributed by atoms with Gasteiger partial charge in [-0.1, -0.05) is 78.3 Å². The Morgan fingerprint density at radius 1 is 0.914 bits per heavy atom. The molecule has 1 fully saturated rings. The average Bonchev–Trinajstić information content (AvgIpc) is 3.14. The van der Waals surface area contributed by atoms with Crippen LogP contribution in [0.1, 0.15) is 52.4 Å². The summed E-state index contributed by atoms with van der Waals surface area (Å²) in [5, 5.41) is 0. The Morgan fingerprint density at radius 3 is 2.06 bits per heavy atom. The second-order valence-electron chi connectivity index (χ2n) is 9.92. The van der Waals surface area contributed by atoms with Crippen molar-refractivity contribution in [3.05, 3.63) is 101 Å². The van der Waals surface area contributed by atoms with Crippen LogP contribution in [0, 0.1) is 17.8 Å². The maximum atomic E-state index is 13.9. The Bertz CT molecular complexity index is 1330. The minimum Gasteiger partial charge on any atom is -0.462 e. The molecule has 1 saturated heterocycles. The molecule has 0 radical (unpaired) electrons. The number of imide groups is 1. The minimum atomic E-state index is -0.776. The lowest BCUT2D eigenvalue weighted by Crippen LogP contribution is -2.50. The number of nitrogens with zero attached hydrogens (tertiary/aromatic N) is 1. The number of carbonyl (C=O) groups excluding carboxylic acids is 3. The van der Waals surface area contributed by atoms with Gasteiger partial charge in [0, 0.05) is 5.92 Å². The molecule has 2 unspecified atom stereocenters. The van der Waals surface area contributed by atoms with Gasteiger partial charge in [0.05, 0.1) is 34.0 Å². The second-order valence-corrected chi connectivity index (χ2v) is 11.2. The van der Waals surface area contributed by atoms with E-state index in [4.69, 9.17) is 4.74 Å². The second kappa shape index (κ2) is 7.89. The number of alkyl halides is 1. The van der Waals surface area contributed by atoms with Crippen LogP contribution in [0.5, 0.6) is 0 Å². The van der Waals surface area contributed by atoms with Crippen LogP contribution in [-0.4, -0.2) is 24.4 Å². The van der Waals surface area contributed by atoms with Crippen LogP contribution in [0.3, 0.4) is 0 Å². The standard InChI is InChI=1S/C29H24BrNO4/c1-16(2)15-35-28(34)17-11-13-18(14-12-17)31-26(32)24-23-19-7-3-5-9-21(19)29(30,25(24)27(31)33)22-10-6-4-8-20(22)23/h3-14,16,23-25H,15H2,1-2H3. The fourth-order valence-electron chi connectivity index (χ4n) is 6.01. The van der Waals surface area contributed by atoms with Crippen LogP contribution in [0.15, 0.2) is 72.8 Å². The first-order chi connectivity index (χ1) is 16.8. The first-order valence-electron chi connectivity index (χ1n) is 11.9. The zero-order valence-electron chi connectivity index (χ0n) is 19.4. The number of rotatable bonds is 4. The van der Waals surface area contributed by atoms with Crippen molar-refractivity contribution >= 4 is 39.4 Å². The van der Waals surface area contributed by atoms with Gasteiger partial charge in [-0.25, -0.2) is 9.69 Å². The number of hydrogen-bond donors (Lipinski definition) is 0. The van der Waals surface area contributed by atoms with Crippen molar-refractivity contribution < 1.29 is 19.1 Å². The van der Waals surface area contributed by atoms with Gasteiger partial charge in [0.25, 0.3) is 0 Å². The van der Waals surface area contributed by atoms with Crippen molar-refractivity contribution in [2.75, 3.05) is 11.5 Å². The van der Waals surface area contributed by atoms with Crippen molar-refractivity contribution in [1.82, 2.24) is 0 Å². The van der Waals surface area contributed by atoms with Gasteiger partial charge < -0.3 is 4.74 Å². The van der Waals surface area contributed by atoms with Crippen molar-refractivity contribution in [2.24, 2.45) is 17.8 Å². The molecule has 35 heavy (non-hydrogen) atoms. The van der Waals surface area contributed by atoms with Gasteiger partial charge in [-0.3, -0.25) is 9.59 Å². The zero-order chi connectivity index (χ0) is 24.5. The van der Waals surface area contributed by atoms with Gasteiger partial charge in [-0.2, -0.15) is 0 Å². The van der Waals surface area contributed by atoms with E-state index in [1.54, 1.807) is 24.3 Å². The highest BCUT2D eigenvalue weighted by molar-refractivity contribution is 9.09. The molecule has 2 atom stereocenters. The summed E-state index contributed by atoms with van der Waals surface area (Å²) in [6, 6.07) is 22.7. The molecule has 1 aliphatic heterocycles. The smallest absolute Gasteiger partial charge is 0.338 e. The van der Waals surface area contributed by atoms with Gasteiger partial charge in [-0.05, 0) is 52.4 Å². The maximum Gasteiger partial charge on any atom is 0.338 e. The molecule has 0 saturated carbocycles. The predicted octanol–water partition coefficient (Wildman–Crippen LogP) is 5.40. The highest BCUT2D eigenvalue weighted by Gasteiger charge is 2.67. The van der Waals surface area contributed by atoms with Gasteiger partial charge in [0.2, 0.25) is 11.8 Å². The molecule has 3 aromatic rings. The van der Waals surface area contributed by atoms with Crippen LogP contribution in [-0.2, 0) is 18.7 Å². The van der Waals surface area contributed by atoms with Gasteiger partial charge in [-0.15, -0.1) is 0 Å². The SMILES string of the molecule is CC(C)COC(=O)c1ccc(N2C(=O)C3C4c5ccccc5C(Br)(c5ccccc54)C3C2=O)cc1. The third-order valence-electron chi connectivity index (χ3n) is 7.42. The van der Waals surface area contributed by atoms with Crippen molar-refractivity contribution in [2.45, 2.75) is 24.1 Å².